The Morgan fingerprint density at radius 2 is 2.10 bits per heavy atom. The SMILES string of the molecule is CCOCCC(c1n[nH]c2c(Nc3ccncn3)nc(N(C)C)nc12)N(C)C(C)=O. The normalized spacial score (nSPS) is 12.0. The maximum absolute atomic E-state index is 12.1. The molecule has 3 rings (SSSR count). The second-order valence-corrected chi connectivity index (χ2v) is 6.95. The number of hydrogen-bond acceptors (Lipinski definition) is 9. The average molecular weight is 413 g/mol. The summed E-state index contributed by atoms with van der Waals surface area (Å²) in [6, 6.07) is 1.45. The molecule has 0 saturated carbocycles. The lowest BCUT2D eigenvalue weighted by Crippen LogP contribution is -2.30. The minimum Gasteiger partial charge on any atom is -0.382 e. The third kappa shape index (κ3) is 4.62. The number of carbonyl (C=O) groups excluding carboxylic acids is 1. The van der Waals surface area contributed by atoms with E-state index in [1.807, 2.05) is 25.9 Å². The van der Waals surface area contributed by atoms with Gasteiger partial charge in [0, 0.05) is 47.5 Å². The zero-order chi connectivity index (χ0) is 21.7. The molecule has 3 aromatic heterocycles. The van der Waals surface area contributed by atoms with E-state index >= 15 is 0 Å². The van der Waals surface area contributed by atoms with Gasteiger partial charge in [-0.25, -0.2) is 15.0 Å². The van der Waals surface area contributed by atoms with E-state index in [1.54, 1.807) is 24.2 Å². The number of nitrogens with zero attached hydrogens (tertiary/aromatic N) is 7. The molecule has 0 radical (unpaired) electrons. The predicted octanol–water partition coefficient (Wildman–Crippen LogP) is 1.90. The summed E-state index contributed by atoms with van der Waals surface area (Å²) >= 11 is 0. The molecule has 0 saturated heterocycles. The van der Waals surface area contributed by atoms with Crippen LogP contribution in [-0.2, 0) is 9.53 Å². The second kappa shape index (κ2) is 9.44. The average Bonchev–Trinajstić information content (AvgIpc) is 3.15. The number of amides is 1. The number of carbonyl (C=O) groups is 1. The molecule has 30 heavy (non-hydrogen) atoms. The van der Waals surface area contributed by atoms with Crippen molar-refractivity contribution in [2.75, 3.05) is 44.6 Å². The first-order valence-electron chi connectivity index (χ1n) is 9.69. The summed E-state index contributed by atoms with van der Waals surface area (Å²) in [6.45, 7) is 4.59. The highest BCUT2D eigenvalue weighted by Crippen LogP contribution is 2.31. The van der Waals surface area contributed by atoms with Crippen molar-refractivity contribution >= 4 is 34.5 Å². The molecule has 0 spiro atoms. The quantitative estimate of drug-likeness (QED) is 0.506. The summed E-state index contributed by atoms with van der Waals surface area (Å²) in [4.78, 5) is 33.0. The molecule has 3 aromatic rings. The van der Waals surface area contributed by atoms with Crippen LogP contribution in [0, 0.1) is 0 Å². The lowest BCUT2D eigenvalue weighted by molar-refractivity contribution is -0.130. The molecule has 11 nitrogen and oxygen atoms in total. The molecule has 0 aliphatic rings. The van der Waals surface area contributed by atoms with E-state index in [-0.39, 0.29) is 11.9 Å². The van der Waals surface area contributed by atoms with Crippen LogP contribution in [-0.4, -0.2) is 75.3 Å². The van der Waals surface area contributed by atoms with Gasteiger partial charge in [0.05, 0.1) is 6.04 Å². The van der Waals surface area contributed by atoms with E-state index in [0.717, 1.165) is 0 Å². The van der Waals surface area contributed by atoms with Crippen LogP contribution in [0.1, 0.15) is 32.0 Å². The van der Waals surface area contributed by atoms with Crippen LogP contribution >= 0.6 is 0 Å². The van der Waals surface area contributed by atoms with Crippen molar-refractivity contribution in [3.8, 4) is 0 Å². The number of ether oxygens (including phenoxy) is 1. The Balaban J connectivity index is 2.09. The molecule has 1 atom stereocenters. The van der Waals surface area contributed by atoms with Crippen molar-refractivity contribution < 1.29 is 9.53 Å². The van der Waals surface area contributed by atoms with E-state index < -0.39 is 0 Å². The van der Waals surface area contributed by atoms with Crippen molar-refractivity contribution in [1.82, 2.24) is 35.0 Å². The Kier molecular flexibility index (Phi) is 6.72. The zero-order valence-corrected chi connectivity index (χ0v) is 17.9. The van der Waals surface area contributed by atoms with Crippen LogP contribution in [0.4, 0.5) is 17.6 Å². The van der Waals surface area contributed by atoms with Gasteiger partial charge in [0.15, 0.2) is 5.82 Å². The molecule has 160 valence electrons. The third-order valence-electron chi connectivity index (χ3n) is 4.68. The topological polar surface area (TPSA) is 125 Å². The molecule has 0 aromatic carbocycles. The van der Waals surface area contributed by atoms with Crippen LogP contribution in [0.3, 0.4) is 0 Å². The van der Waals surface area contributed by atoms with Gasteiger partial charge in [0.1, 0.15) is 28.9 Å². The molecule has 1 unspecified atom stereocenters. The number of aromatic amines is 1. The zero-order valence-electron chi connectivity index (χ0n) is 17.9. The van der Waals surface area contributed by atoms with Gasteiger partial charge in [0.2, 0.25) is 11.9 Å². The smallest absolute Gasteiger partial charge is 0.227 e. The van der Waals surface area contributed by atoms with Gasteiger partial charge in [0.25, 0.3) is 0 Å². The van der Waals surface area contributed by atoms with E-state index in [4.69, 9.17) is 9.72 Å². The second-order valence-electron chi connectivity index (χ2n) is 6.95. The maximum atomic E-state index is 12.1. The maximum Gasteiger partial charge on any atom is 0.227 e. The number of nitrogens with one attached hydrogen (secondary N) is 2. The first-order chi connectivity index (χ1) is 14.4. The van der Waals surface area contributed by atoms with E-state index in [9.17, 15) is 4.79 Å². The molecule has 0 fully saturated rings. The number of rotatable bonds is 9. The Morgan fingerprint density at radius 3 is 2.73 bits per heavy atom. The van der Waals surface area contributed by atoms with E-state index in [2.05, 4.69) is 30.5 Å². The summed E-state index contributed by atoms with van der Waals surface area (Å²) in [5.74, 6) is 1.58. The van der Waals surface area contributed by atoms with Crippen LogP contribution in [0.2, 0.25) is 0 Å². The number of fused-ring (bicyclic) bond motifs is 1. The summed E-state index contributed by atoms with van der Waals surface area (Å²) in [5, 5.41) is 10.7. The van der Waals surface area contributed by atoms with E-state index in [1.165, 1.54) is 13.3 Å². The fraction of sp³-hybridized carbons (Fsp3) is 0.474. The van der Waals surface area contributed by atoms with Gasteiger partial charge >= 0.3 is 0 Å². The predicted molar refractivity (Wildman–Crippen MR) is 114 cm³/mol. The van der Waals surface area contributed by atoms with Crippen LogP contribution in [0.5, 0.6) is 0 Å². The summed E-state index contributed by atoms with van der Waals surface area (Å²) in [7, 11) is 5.49. The number of anilines is 3. The largest absolute Gasteiger partial charge is 0.382 e. The van der Waals surface area contributed by atoms with Crippen molar-refractivity contribution in [2.45, 2.75) is 26.3 Å². The van der Waals surface area contributed by atoms with Gasteiger partial charge in [-0.3, -0.25) is 9.89 Å². The molecule has 11 heteroatoms. The van der Waals surface area contributed by atoms with Crippen molar-refractivity contribution in [2.24, 2.45) is 0 Å². The van der Waals surface area contributed by atoms with Gasteiger partial charge in [-0.2, -0.15) is 10.1 Å². The number of hydrogen-bond donors (Lipinski definition) is 2. The van der Waals surface area contributed by atoms with Crippen molar-refractivity contribution in [3.05, 3.63) is 24.3 Å². The number of aromatic nitrogens is 6. The minimum absolute atomic E-state index is 0.0612. The Hall–Kier alpha value is -3.34. The summed E-state index contributed by atoms with van der Waals surface area (Å²) < 4.78 is 5.53. The first kappa shape index (κ1) is 21.4. The van der Waals surface area contributed by atoms with Gasteiger partial charge < -0.3 is 19.9 Å². The molecule has 0 bridgehead atoms. The summed E-state index contributed by atoms with van der Waals surface area (Å²) in [6.07, 6.45) is 3.70. The molecule has 0 aliphatic carbocycles. The molecule has 0 aliphatic heterocycles. The lowest BCUT2D eigenvalue weighted by atomic mass is 10.1. The van der Waals surface area contributed by atoms with E-state index in [0.29, 0.717) is 53.9 Å². The molecule has 1 amide bonds. The molecule has 3 heterocycles. The molecular formula is C19H27N9O2. The highest BCUT2D eigenvalue weighted by Gasteiger charge is 2.26. The lowest BCUT2D eigenvalue weighted by Gasteiger charge is -2.26. The van der Waals surface area contributed by atoms with Gasteiger partial charge in [-0.1, -0.05) is 0 Å². The van der Waals surface area contributed by atoms with Crippen LogP contribution in [0.25, 0.3) is 11.0 Å². The minimum atomic E-state index is -0.292. The first-order valence-corrected chi connectivity index (χ1v) is 9.69. The standard InChI is InChI=1S/C19H27N9O2/c1-6-30-10-8-13(28(5)12(2)29)15-16-17(26-25-15)18(24-19(23-16)27(3)4)22-14-7-9-20-11-21-14/h7,9,11,13H,6,8,10H2,1-5H3,(H,25,26)(H,20,21,22,23,24). The van der Waals surface area contributed by atoms with Gasteiger partial charge in [-0.05, 0) is 19.4 Å². The Labute approximate surface area is 174 Å². The highest BCUT2D eigenvalue weighted by molar-refractivity contribution is 5.90. The third-order valence-corrected chi connectivity index (χ3v) is 4.68. The van der Waals surface area contributed by atoms with Gasteiger partial charge in [-0.15, -0.1) is 0 Å². The number of H-pyrrole nitrogens is 1. The van der Waals surface area contributed by atoms with Crippen molar-refractivity contribution in [1.29, 1.82) is 0 Å². The monoisotopic (exact) mass is 413 g/mol. The molecular weight excluding hydrogens is 386 g/mol. The Bertz CT molecular complexity index is 990. The summed E-state index contributed by atoms with van der Waals surface area (Å²) in [5.41, 5.74) is 1.94. The fourth-order valence-corrected chi connectivity index (χ4v) is 2.99. The highest BCUT2D eigenvalue weighted by atomic mass is 16.5. The molecule has 2 N–H and O–H groups in total. The Morgan fingerprint density at radius 1 is 1.30 bits per heavy atom. The van der Waals surface area contributed by atoms with Crippen LogP contribution < -0.4 is 10.2 Å². The fourth-order valence-electron chi connectivity index (χ4n) is 2.99. The van der Waals surface area contributed by atoms with Crippen molar-refractivity contribution in [3.63, 3.8) is 0 Å². The van der Waals surface area contributed by atoms with Crippen LogP contribution in [0.15, 0.2) is 18.6 Å².